The minimum absolute atomic E-state index is 0.0146. The predicted molar refractivity (Wildman–Crippen MR) is 73.6 cm³/mol. The van der Waals surface area contributed by atoms with Gasteiger partial charge in [0.25, 0.3) is 11.5 Å². The number of hydrogen-bond donors (Lipinski definition) is 1. The summed E-state index contributed by atoms with van der Waals surface area (Å²) in [5.41, 5.74) is 0.118. The van der Waals surface area contributed by atoms with Crippen molar-refractivity contribution in [3.8, 4) is 0 Å². The number of carbonyl (C=O) groups excluding carboxylic acids is 1. The molecule has 0 unspecified atom stereocenters. The maximum Gasteiger partial charge on any atom is 0.270 e. The largest absolute Gasteiger partial charge is 0.334 e. The van der Waals surface area contributed by atoms with Gasteiger partial charge in [-0.3, -0.25) is 19.1 Å². The Labute approximate surface area is 119 Å². The summed E-state index contributed by atoms with van der Waals surface area (Å²) in [7, 11) is 1.59. The highest BCUT2D eigenvalue weighted by molar-refractivity contribution is 5.93. The molecule has 3 heterocycles. The van der Waals surface area contributed by atoms with Crippen molar-refractivity contribution in [1.29, 1.82) is 0 Å². The fourth-order valence-corrected chi connectivity index (χ4v) is 1.98. The molecule has 0 aliphatic carbocycles. The highest BCUT2D eigenvalue weighted by Gasteiger charge is 2.18. The normalized spacial score (nSPS) is 10.7. The first-order chi connectivity index (χ1) is 10.2. The second-order valence-corrected chi connectivity index (χ2v) is 4.50. The van der Waals surface area contributed by atoms with Crippen LogP contribution < -0.4 is 5.56 Å². The smallest absolute Gasteiger partial charge is 0.270 e. The van der Waals surface area contributed by atoms with E-state index in [4.69, 9.17) is 0 Å². The quantitative estimate of drug-likeness (QED) is 0.735. The van der Waals surface area contributed by atoms with Crippen molar-refractivity contribution in [2.45, 2.75) is 6.54 Å². The Kier molecular flexibility index (Phi) is 3.19. The lowest BCUT2D eigenvalue weighted by Crippen LogP contribution is -2.33. The van der Waals surface area contributed by atoms with Crippen LogP contribution in [0.4, 0.5) is 0 Å². The van der Waals surface area contributed by atoms with Gasteiger partial charge in [0.2, 0.25) is 0 Å². The molecule has 3 rings (SSSR count). The molecular formula is C13H12N6O2. The molecule has 3 aromatic rings. The number of aromatic amines is 1. The first-order valence-electron chi connectivity index (χ1n) is 6.23. The molecule has 1 N–H and O–H groups in total. The van der Waals surface area contributed by atoms with Crippen LogP contribution in [0, 0.1) is 0 Å². The topological polar surface area (TPSA) is 96.2 Å². The van der Waals surface area contributed by atoms with Crippen LogP contribution in [0.25, 0.3) is 5.65 Å². The van der Waals surface area contributed by atoms with Gasteiger partial charge in [-0.25, -0.2) is 9.97 Å². The zero-order valence-electron chi connectivity index (χ0n) is 11.2. The molecule has 21 heavy (non-hydrogen) atoms. The number of fused-ring (bicyclic) bond motifs is 1. The summed E-state index contributed by atoms with van der Waals surface area (Å²) in [5, 5.41) is 6.38. The van der Waals surface area contributed by atoms with Gasteiger partial charge in [-0.05, 0) is 12.1 Å². The van der Waals surface area contributed by atoms with Crippen molar-refractivity contribution in [3.63, 3.8) is 0 Å². The molecular weight excluding hydrogens is 272 g/mol. The van der Waals surface area contributed by atoms with Gasteiger partial charge in [0, 0.05) is 19.4 Å². The minimum Gasteiger partial charge on any atom is -0.334 e. The maximum atomic E-state index is 12.3. The van der Waals surface area contributed by atoms with Crippen molar-refractivity contribution < 1.29 is 4.79 Å². The van der Waals surface area contributed by atoms with Gasteiger partial charge in [-0.15, -0.1) is 0 Å². The molecule has 0 radical (unpaired) electrons. The molecule has 0 saturated carbocycles. The Bertz CT molecular complexity index is 839. The lowest BCUT2D eigenvalue weighted by molar-refractivity contribution is 0.0779. The first-order valence-corrected chi connectivity index (χ1v) is 6.23. The second-order valence-electron chi connectivity index (χ2n) is 4.50. The highest BCUT2D eigenvalue weighted by Crippen LogP contribution is 2.03. The van der Waals surface area contributed by atoms with Gasteiger partial charge in [0.1, 0.15) is 23.4 Å². The fraction of sp³-hybridized carbons (Fsp3) is 0.154. The number of aromatic nitrogens is 5. The van der Waals surface area contributed by atoms with Crippen LogP contribution in [-0.2, 0) is 6.54 Å². The molecule has 0 aliphatic heterocycles. The van der Waals surface area contributed by atoms with Crippen molar-refractivity contribution in [1.82, 2.24) is 29.5 Å². The van der Waals surface area contributed by atoms with Crippen LogP contribution in [0.15, 0.2) is 41.7 Å². The Morgan fingerprint density at radius 1 is 1.38 bits per heavy atom. The van der Waals surface area contributed by atoms with Crippen LogP contribution in [-0.4, -0.2) is 42.4 Å². The highest BCUT2D eigenvalue weighted by atomic mass is 16.2. The van der Waals surface area contributed by atoms with E-state index in [1.807, 2.05) is 0 Å². The lowest BCUT2D eigenvalue weighted by atomic mass is 10.3. The predicted octanol–water partition coefficient (Wildman–Crippen LogP) is 0.0848. The van der Waals surface area contributed by atoms with Crippen LogP contribution in [0.2, 0.25) is 0 Å². The van der Waals surface area contributed by atoms with E-state index in [1.165, 1.54) is 21.8 Å². The number of hydrogen-bond acceptors (Lipinski definition) is 5. The average Bonchev–Trinajstić information content (AvgIpc) is 3.00. The number of carbonyl (C=O) groups is 1. The zero-order valence-corrected chi connectivity index (χ0v) is 11.2. The number of amides is 1. The summed E-state index contributed by atoms with van der Waals surface area (Å²) in [6.45, 7) is 0.232. The van der Waals surface area contributed by atoms with Crippen LogP contribution in [0.1, 0.15) is 16.2 Å². The summed E-state index contributed by atoms with van der Waals surface area (Å²) in [4.78, 5) is 34.1. The Morgan fingerprint density at radius 2 is 2.24 bits per heavy atom. The standard InChI is InChI=1S/C13H12N6O2/c1-18(7-10-15-8-16-17-10)12(20)9-6-14-11-4-2-3-5-19(11)13(9)21/h2-6,8H,7H2,1H3,(H,15,16,17). The van der Waals surface area contributed by atoms with Gasteiger partial charge in [0.15, 0.2) is 0 Å². The average molecular weight is 284 g/mol. The van der Waals surface area contributed by atoms with E-state index >= 15 is 0 Å². The maximum absolute atomic E-state index is 12.3. The Balaban J connectivity index is 1.94. The number of nitrogens with zero attached hydrogens (tertiary/aromatic N) is 5. The summed E-state index contributed by atoms with van der Waals surface area (Å²) in [6, 6.07) is 5.19. The minimum atomic E-state index is -0.415. The van der Waals surface area contributed by atoms with E-state index in [0.29, 0.717) is 11.5 Å². The molecule has 0 saturated heterocycles. The van der Waals surface area contributed by atoms with Gasteiger partial charge >= 0.3 is 0 Å². The number of H-pyrrole nitrogens is 1. The van der Waals surface area contributed by atoms with Crippen molar-refractivity contribution >= 4 is 11.6 Å². The van der Waals surface area contributed by atoms with E-state index in [-0.39, 0.29) is 12.1 Å². The summed E-state index contributed by atoms with van der Waals surface area (Å²) in [5.74, 6) is 0.127. The number of rotatable bonds is 3. The SMILES string of the molecule is CN(Cc1ncn[nH]1)C(=O)c1cnc2ccccn2c1=O. The van der Waals surface area contributed by atoms with Crippen molar-refractivity contribution in [2.75, 3.05) is 7.05 Å². The molecule has 0 aromatic carbocycles. The van der Waals surface area contributed by atoms with E-state index in [2.05, 4.69) is 20.2 Å². The summed E-state index contributed by atoms with van der Waals surface area (Å²) >= 11 is 0. The second kappa shape index (κ2) is 5.16. The van der Waals surface area contributed by atoms with E-state index < -0.39 is 11.5 Å². The first kappa shape index (κ1) is 13.0. The molecule has 8 nitrogen and oxygen atoms in total. The number of nitrogens with one attached hydrogen (secondary N) is 1. The van der Waals surface area contributed by atoms with E-state index in [9.17, 15) is 9.59 Å². The van der Waals surface area contributed by atoms with Gasteiger partial charge in [0.05, 0.1) is 6.54 Å². The molecule has 0 spiro atoms. The van der Waals surface area contributed by atoms with Crippen molar-refractivity contribution in [2.24, 2.45) is 0 Å². The monoisotopic (exact) mass is 284 g/mol. The van der Waals surface area contributed by atoms with Gasteiger partial charge < -0.3 is 4.90 Å². The van der Waals surface area contributed by atoms with Gasteiger partial charge in [-0.1, -0.05) is 6.07 Å². The van der Waals surface area contributed by atoms with Crippen LogP contribution in [0.5, 0.6) is 0 Å². The zero-order chi connectivity index (χ0) is 14.8. The summed E-state index contributed by atoms with van der Waals surface area (Å²) in [6.07, 6.45) is 4.24. The lowest BCUT2D eigenvalue weighted by Gasteiger charge is -2.15. The van der Waals surface area contributed by atoms with Crippen LogP contribution >= 0.6 is 0 Å². The third-order valence-electron chi connectivity index (χ3n) is 3.04. The van der Waals surface area contributed by atoms with E-state index in [1.54, 1.807) is 31.4 Å². The molecule has 0 atom stereocenters. The van der Waals surface area contributed by atoms with Crippen molar-refractivity contribution in [3.05, 3.63) is 58.7 Å². The molecule has 8 heteroatoms. The Hall–Kier alpha value is -3.03. The third kappa shape index (κ3) is 2.38. The molecule has 0 fully saturated rings. The van der Waals surface area contributed by atoms with E-state index in [0.717, 1.165) is 0 Å². The molecule has 3 aromatic heterocycles. The number of pyridine rings is 1. The molecule has 0 bridgehead atoms. The Morgan fingerprint density at radius 3 is 3.00 bits per heavy atom. The molecule has 106 valence electrons. The summed E-state index contributed by atoms with van der Waals surface area (Å²) < 4.78 is 1.34. The molecule has 1 amide bonds. The van der Waals surface area contributed by atoms with Gasteiger partial charge in [-0.2, -0.15) is 5.10 Å². The fourth-order valence-electron chi connectivity index (χ4n) is 1.98. The molecule has 0 aliphatic rings. The third-order valence-corrected chi connectivity index (χ3v) is 3.04. The van der Waals surface area contributed by atoms with Crippen LogP contribution in [0.3, 0.4) is 0 Å².